The number of benzene rings is 1. The average molecular weight is 316 g/mol. The van der Waals surface area contributed by atoms with Gasteiger partial charge >= 0.3 is 6.55 Å². The van der Waals surface area contributed by atoms with Crippen molar-refractivity contribution in [1.82, 2.24) is 14.5 Å². The number of imidazole rings is 1. The van der Waals surface area contributed by atoms with E-state index in [2.05, 4.69) is 4.98 Å². The van der Waals surface area contributed by atoms with Crippen molar-refractivity contribution in [3.8, 4) is 5.75 Å². The summed E-state index contributed by atoms with van der Waals surface area (Å²) in [5.41, 5.74) is 0. The van der Waals surface area contributed by atoms with E-state index in [0.717, 1.165) is 4.57 Å². The maximum atomic E-state index is 12.7. The fraction of sp³-hybridized carbons (Fsp3) is 0.357. The van der Waals surface area contributed by atoms with Gasteiger partial charge in [-0.1, -0.05) is 17.7 Å². The van der Waals surface area contributed by atoms with Crippen LogP contribution in [0.25, 0.3) is 0 Å². The van der Waals surface area contributed by atoms with Crippen LogP contribution in [-0.4, -0.2) is 34.7 Å². The fourth-order valence-corrected chi connectivity index (χ4v) is 2.02. The molecule has 0 aliphatic carbocycles. The minimum atomic E-state index is -2.57. The monoisotopic (exact) mass is 315 g/mol. The first-order chi connectivity index (χ1) is 10.1. The second kappa shape index (κ2) is 7.38. The van der Waals surface area contributed by atoms with Gasteiger partial charge in [-0.05, 0) is 25.2 Å². The highest BCUT2D eigenvalue weighted by Gasteiger charge is 2.12. The standard InChI is InChI=1S/C14H16ClF2N3O/c1-19(10-13-18-5-6-20(13)14(16)17)7-8-21-12-4-2-3-11(15)9-12/h2-6,9,14H,7-8,10H2,1H3. The van der Waals surface area contributed by atoms with Crippen molar-refractivity contribution >= 4 is 11.6 Å². The Kier molecular flexibility index (Phi) is 5.52. The van der Waals surface area contributed by atoms with Crippen LogP contribution in [0.2, 0.25) is 5.02 Å². The Morgan fingerprint density at radius 2 is 2.24 bits per heavy atom. The highest BCUT2D eigenvalue weighted by atomic mass is 35.5. The first-order valence-corrected chi connectivity index (χ1v) is 6.81. The molecule has 1 aromatic heterocycles. The molecule has 1 heterocycles. The van der Waals surface area contributed by atoms with Crippen molar-refractivity contribution in [3.63, 3.8) is 0 Å². The maximum Gasteiger partial charge on any atom is 0.319 e. The summed E-state index contributed by atoms with van der Waals surface area (Å²) < 4.78 is 31.8. The largest absolute Gasteiger partial charge is 0.492 e. The molecule has 0 atom stereocenters. The lowest BCUT2D eigenvalue weighted by molar-refractivity contribution is 0.0643. The number of nitrogens with zero attached hydrogens (tertiary/aromatic N) is 3. The Morgan fingerprint density at radius 3 is 2.95 bits per heavy atom. The zero-order valence-corrected chi connectivity index (χ0v) is 12.3. The third kappa shape index (κ3) is 4.68. The van der Waals surface area contributed by atoms with Crippen LogP contribution in [0.5, 0.6) is 5.75 Å². The molecule has 2 aromatic rings. The topological polar surface area (TPSA) is 30.3 Å². The van der Waals surface area contributed by atoms with Gasteiger partial charge in [-0.15, -0.1) is 0 Å². The van der Waals surface area contributed by atoms with E-state index in [0.29, 0.717) is 36.3 Å². The van der Waals surface area contributed by atoms with Crippen LogP contribution >= 0.6 is 11.6 Å². The molecule has 4 nitrogen and oxygen atoms in total. The number of hydrogen-bond acceptors (Lipinski definition) is 3. The van der Waals surface area contributed by atoms with Gasteiger partial charge in [-0.2, -0.15) is 8.78 Å². The number of likely N-dealkylation sites (N-methyl/N-ethyl adjacent to an activating group) is 1. The van der Waals surface area contributed by atoms with Gasteiger partial charge in [-0.25, -0.2) is 4.98 Å². The first-order valence-electron chi connectivity index (χ1n) is 6.43. The minimum absolute atomic E-state index is 0.329. The molecule has 0 saturated carbocycles. The maximum absolute atomic E-state index is 12.7. The molecule has 0 amide bonds. The molecule has 0 bridgehead atoms. The molecule has 21 heavy (non-hydrogen) atoms. The van der Waals surface area contributed by atoms with Crippen molar-refractivity contribution < 1.29 is 13.5 Å². The van der Waals surface area contributed by atoms with Crippen molar-refractivity contribution in [2.45, 2.75) is 13.1 Å². The summed E-state index contributed by atoms with van der Waals surface area (Å²) in [5.74, 6) is 1.01. The Hall–Kier alpha value is -1.66. The van der Waals surface area contributed by atoms with E-state index < -0.39 is 6.55 Å². The Bertz CT molecular complexity index is 577. The van der Waals surface area contributed by atoms with Crippen molar-refractivity contribution in [2.24, 2.45) is 0 Å². The van der Waals surface area contributed by atoms with Crippen LogP contribution in [-0.2, 0) is 6.54 Å². The van der Waals surface area contributed by atoms with E-state index in [1.165, 1.54) is 12.4 Å². The molecule has 0 aliphatic rings. The Morgan fingerprint density at radius 1 is 1.43 bits per heavy atom. The van der Waals surface area contributed by atoms with E-state index in [4.69, 9.17) is 16.3 Å². The zero-order chi connectivity index (χ0) is 15.2. The Labute approximate surface area is 126 Å². The SMILES string of the molecule is CN(CCOc1cccc(Cl)c1)Cc1nccn1C(F)F. The zero-order valence-electron chi connectivity index (χ0n) is 11.5. The number of halogens is 3. The lowest BCUT2D eigenvalue weighted by Crippen LogP contribution is -2.25. The molecule has 0 N–H and O–H groups in total. The summed E-state index contributed by atoms with van der Waals surface area (Å²) in [5, 5.41) is 0.611. The van der Waals surface area contributed by atoms with Crippen LogP contribution in [0, 0.1) is 0 Å². The summed E-state index contributed by atoms with van der Waals surface area (Å²) in [6.45, 7) is -1.22. The second-order valence-corrected chi connectivity index (χ2v) is 5.01. The van der Waals surface area contributed by atoms with Crippen molar-refractivity contribution in [1.29, 1.82) is 0 Å². The molecule has 0 aliphatic heterocycles. The predicted molar refractivity (Wildman–Crippen MR) is 76.8 cm³/mol. The van der Waals surface area contributed by atoms with E-state index in [1.807, 2.05) is 18.0 Å². The molecule has 0 spiro atoms. The Balaban J connectivity index is 1.79. The predicted octanol–water partition coefficient (Wildman–Crippen LogP) is 3.44. The van der Waals surface area contributed by atoms with Crippen LogP contribution in [0.1, 0.15) is 12.4 Å². The smallest absolute Gasteiger partial charge is 0.319 e. The van der Waals surface area contributed by atoms with E-state index in [-0.39, 0.29) is 0 Å². The highest BCUT2D eigenvalue weighted by molar-refractivity contribution is 6.30. The minimum Gasteiger partial charge on any atom is -0.492 e. The van der Waals surface area contributed by atoms with Crippen LogP contribution in [0.15, 0.2) is 36.7 Å². The molecular weight excluding hydrogens is 300 g/mol. The second-order valence-electron chi connectivity index (χ2n) is 4.57. The van der Waals surface area contributed by atoms with Crippen LogP contribution < -0.4 is 4.74 Å². The van der Waals surface area contributed by atoms with Gasteiger partial charge < -0.3 is 4.74 Å². The quantitative estimate of drug-likeness (QED) is 0.784. The van der Waals surface area contributed by atoms with Gasteiger partial charge in [0.05, 0.1) is 6.54 Å². The molecule has 0 unspecified atom stereocenters. The molecule has 7 heteroatoms. The normalized spacial score (nSPS) is 11.3. The molecule has 1 aromatic carbocycles. The molecule has 0 fully saturated rings. The molecule has 0 radical (unpaired) electrons. The average Bonchev–Trinajstić information content (AvgIpc) is 2.87. The molecular formula is C14H16ClF2N3O. The van der Waals surface area contributed by atoms with E-state index in [9.17, 15) is 8.78 Å². The van der Waals surface area contributed by atoms with Crippen molar-refractivity contribution in [3.05, 3.63) is 47.5 Å². The van der Waals surface area contributed by atoms with Crippen molar-refractivity contribution in [2.75, 3.05) is 20.2 Å². The molecule has 0 saturated heterocycles. The van der Waals surface area contributed by atoms with Gasteiger partial charge in [-0.3, -0.25) is 9.47 Å². The molecule has 114 valence electrons. The van der Waals surface area contributed by atoms with Gasteiger partial charge in [0.15, 0.2) is 0 Å². The lowest BCUT2D eigenvalue weighted by atomic mass is 10.3. The van der Waals surface area contributed by atoms with Gasteiger partial charge in [0, 0.05) is 24.0 Å². The van der Waals surface area contributed by atoms with E-state index >= 15 is 0 Å². The van der Waals surface area contributed by atoms with Gasteiger partial charge in [0.25, 0.3) is 0 Å². The number of hydrogen-bond donors (Lipinski definition) is 0. The first kappa shape index (κ1) is 15.7. The summed E-state index contributed by atoms with van der Waals surface area (Å²) in [7, 11) is 1.83. The van der Waals surface area contributed by atoms with Gasteiger partial charge in [0.1, 0.15) is 18.2 Å². The summed E-state index contributed by atoms with van der Waals surface area (Å²) >= 11 is 5.86. The fourth-order valence-electron chi connectivity index (χ4n) is 1.84. The van der Waals surface area contributed by atoms with Crippen LogP contribution in [0.4, 0.5) is 8.78 Å². The summed E-state index contributed by atoms with van der Waals surface area (Å²) in [4.78, 5) is 5.81. The third-order valence-corrected chi connectivity index (χ3v) is 3.14. The molecule has 2 rings (SSSR count). The lowest BCUT2D eigenvalue weighted by Gasteiger charge is -2.17. The number of rotatable bonds is 7. The van der Waals surface area contributed by atoms with Gasteiger partial charge in [0.2, 0.25) is 0 Å². The van der Waals surface area contributed by atoms with E-state index in [1.54, 1.807) is 18.2 Å². The number of ether oxygens (including phenoxy) is 1. The highest BCUT2D eigenvalue weighted by Crippen LogP contribution is 2.17. The number of alkyl halides is 2. The summed E-state index contributed by atoms with van der Waals surface area (Å²) in [6, 6.07) is 7.12. The number of aromatic nitrogens is 2. The van der Waals surface area contributed by atoms with Crippen LogP contribution in [0.3, 0.4) is 0 Å². The third-order valence-electron chi connectivity index (χ3n) is 2.91. The summed E-state index contributed by atoms with van der Waals surface area (Å²) in [6.07, 6.45) is 2.65.